The number of aldehydes is 1. The van der Waals surface area contributed by atoms with Crippen molar-refractivity contribution in [2.75, 3.05) is 13.2 Å². The summed E-state index contributed by atoms with van der Waals surface area (Å²) in [5.74, 6) is -0.422. The fraction of sp³-hybridized carbons (Fsp3) is 0.154. The maximum absolute atomic E-state index is 13.2. The van der Waals surface area contributed by atoms with Gasteiger partial charge in [0.15, 0.2) is 6.29 Å². The standard InChI is InChI=1S/C26H22FNO3/c27-20-13-12-18(19(15-20)16-29)7-5-6-14-28-26(30)31-17-25-23-10-3-1-8-21(23)22-9-2-4-11-24(22)25/h1-5,7-13,15-16,25H,6,14,17H2,(H,28,30). The minimum absolute atomic E-state index is 0.0262. The molecule has 1 aliphatic carbocycles. The molecule has 0 unspecified atom stereocenters. The number of halogens is 1. The molecular weight excluding hydrogens is 393 g/mol. The van der Waals surface area contributed by atoms with E-state index < -0.39 is 11.9 Å². The van der Waals surface area contributed by atoms with E-state index >= 15 is 0 Å². The Morgan fingerprint density at radius 3 is 2.32 bits per heavy atom. The summed E-state index contributed by atoms with van der Waals surface area (Å²) in [6, 6.07) is 20.4. The average molecular weight is 415 g/mol. The maximum Gasteiger partial charge on any atom is 0.407 e. The van der Waals surface area contributed by atoms with Gasteiger partial charge in [0.25, 0.3) is 0 Å². The lowest BCUT2D eigenvalue weighted by molar-refractivity contribution is 0.112. The van der Waals surface area contributed by atoms with Gasteiger partial charge in [0.2, 0.25) is 0 Å². The highest BCUT2D eigenvalue weighted by Gasteiger charge is 2.28. The first-order valence-corrected chi connectivity index (χ1v) is 10.2. The molecule has 0 spiro atoms. The normalized spacial score (nSPS) is 12.4. The Labute approximate surface area is 180 Å². The molecule has 0 heterocycles. The summed E-state index contributed by atoms with van der Waals surface area (Å²) in [7, 11) is 0. The molecule has 0 saturated carbocycles. The van der Waals surface area contributed by atoms with E-state index in [0.717, 1.165) is 0 Å². The number of carbonyl (C=O) groups excluding carboxylic acids is 2. The van der Waals surface area contributed by atoms with Gasteiger partial charge < -0.3 is 10.1 Å². The number of hydrogen-bond acceptors (Lipinski definition) is 3. The first kappa shape index (κ1) is 20.5. The number of fused-ring (bicyclic) bond motifs is 3. The second-order valence-electron chi connectivity index (χ2n) is 7.33. The molecule has 0 aliphatic heterocycles. The van der Waals surface area contributed by atoms with Crippen molar-refractivity contribution in [1.29, 1.82) is 0 Å². The summed E-state index contributed by atoms with van der Waals surface area (Å²) in [5, 5.41) is 2.74. The topological polar surface area (TPSA) is 55.4 Å². The van der Waals surface area contributed by atoms with Gasteiger partial charge >= 0.3 is 6.09 Å². The average Bonchev–Trinajstić information content (AvgIpc) is 3.12. The maximum atomic E-state index is 13.2. The van der Waals surface area contributed by atoms with Gasteiger partial charge in [-0.2, -0.15) is 0 Å². The molecule has 156 valence electrons. The van der Waals surface area contributed by atoms with Crippen LogP contribution in [0.3, 0.4) is 0 Å². The zero-order chi connectivity index (χ0) is 21.6. The van der Waals surface area contributed by atoms with Crippen LogP contribution in [0.1, 0.15) is 39.4 Å². The molecule has 3 aromatic rings. The Kier molecular flexibility index (Phi) is 6.22. The molecule has 1 N–H and O–H groups in total. The molecule has 0 saturated heterocycles. The lowest BCUT2D eigenvalue weighted by atomic mass is 9.98. The zero-order valence-electron chi connectivity index (χ0n) is 16.9. The smallest absolute Gasteiger partial charge is 0.407 e. The number of carbonyl (C=O) groups is 2. The molecule has 4 rings (SSSR count). The van der Waals surface area contributed by atoms with E-state index in [2.05, 4.69) is 29.6 Å². The Bertz CT molecular complexity index is 1090. The van der Waals surface area contributed by atoms with Crippen LogP contribution in [0.15, 0.2) is 72.8 Å². The molecule has 3 aromatic carbocycles. The summed E-state index contributed by atoms with van der Waals surface area (Å²) >= 11 is 0. The largest absolute Gasteiger partial charge is 0.449 e. The third kappa shape index (κ3) is 4.56. The van der Waals surface area contributed by atoms with E-state index in [1.54, 1.807) is 12.1 Å². The summed E-state index contributed by atoms with van der Waals surface area (Å²) in [5.41, 5.74) is 5.65. The molecular formula is C26H22FNO3. The van der Waals surface area contributed by atoms with Crippen LogP contribution in [-0.4, -0.2) is 25.5 Å². The van der Waals surface area contributed by atoms with Gasteiger partial charge in [-0.05, 0) is 46.4 Å². The fourth-order valence-corrected chi connectivity index (χ4v) is 3.92. The van der Waals surface area contributed by atoms with Gasteiger partial charge in [0, 0.05) is 18.0 Å². The summed E-state index contributed by atoms with van der Waals surface area (Å²) in [6.07, 6.45) is 4.27. The monoisotopic (exact) mass is 415 g/mol. The van der Waals surface area contributed by atoms with E-state index in [1.807, 2.05) is 30.3 Å². The van der Waals surface area contributed by atoms with Gasteiger partial charge in [0.05, 0.1) is 0 Å². The molecule has 0 fully saturated rings. The first-order valence-electron chi connectivity index (χ1n) is 10.2. The van der Waals surface area contributed by atoms with Gasteiger partial charge in [-0.3, -0.25) is 4.79 Å². The van der Waals surface area contributed by atoms with Crippen LogP contribution in [0, 0.1) is 5.82 Å². The predicted molar refractivity (Wildman–Crippen MR) is 119 cm³/mol. The number of amides is 1. The third-order valence-corrected chi connectivity index (χ3v) is 5.40. The van der Waals surface area contributed by atoms with Crippen LogP contribution in [0.4, 0.5) is 9.18 Å². The van der Waals surface area contributed by atoms with Crippen LogP contribution >= 0.6 is 0 Å². The molecule has 5 heteroatoms. The van der Waals surface area contributed by atoms with Gasteiger partial charge in [-0.1, -0.05) is 66.7 Å². The molecule has 31 heavy (non-hydrogen) atoms. The predicted octanol–water partition coefficient (Wildman–Crippen LogP) is 5.58. The number of hydrogen-bond donors (Lipinski definition) is 1. The molecule has 0 atom stereocenters. The first-order chi connectivity index (χ1) is 15.2. The second-order valence-corrected chi connectivity index (χ2v) is 7.33. The van der Waals surface area contributed by atoms with Crippen molar-refractivity contribution in [3.8, 4) is 11.1 Å². The van der Waals surface area contributed by atoms with Crippen LogP contribution in [-0.2, 0) is 4.74 Å². The second kappa shape index (κ2) is 9.39. The Morgan fingerprint density at radius 1 is 0.968 bits per heavy atom. The Morgan fingerprint density at radius 2 is 1.65 bits per heavy atom. The van der Waals surface area contributed by atoms with Crippen molar-refractivity contribution >= 4 is 18.5 Å². The minimum Gasteiger partial charge on any atom is -0.449 e. The lowest BCUT2D eigenvalue weighted by Crippen LogP contribution is -2.26. The number of benzene rings is 3. The van der Waals surface area contributed by atoms with Crippen molar-refractivity contribution < 1.29 is 18.7 Å². The van der Waals surface area contributed by atoms with Crippen LogP contribution in [0.25, 0.3) is 17.2 Å². The van der Waals surface area contributed by atoms with Gasteiger partial charge in [0.1, 0.15) is 12.4 Å². The molecule has 1 aliphatic rings. The molecule has 0 aromatic heterocycles. The van der Waals surface area contributed by atoms with Crippen molar-refractivity contribution in [3.63, 3.8) is 0 Å². The number of rotatable bonds is 7. The van der Waals surface area contributed by atoms with Gasteiger partial charge in [-0.25, -0.2) is 9.18 Å². The Balaban J connectivity index is 1.28. The van der Waals surface area contributed by atoms with Crippen LogP contribution < -0.4 is 5.32 Å². The van der Waals surface area contributed by atoms with E-state index in [0.29, 0.717) is 30.4 Å². The van der Waals surface area contributed by atoms with Crippen molar-refractivity contribution in [2.45, 2.75) is 12.3 Å². The zero-order valence-corrected chi connectivity index (χ0v) is 16.9. The summed E-state index contributed by atoms with van der Waals surface area (Å²) in [4.78, 5) is 23.2. The number of nitrogens with one attached hydrogen (secondary N) is 1. The van der Waals surface area contributed by atoms with E-state index in [-0.39, 0.29) is 12.5 Å². The molecule has 0 bridgehead atoms. The number of alkyl carbamates (subject to hydrolysis) is 1. The molecule has 4 nitrogen and oxygen atoms in total. The number of ether oxygens (including phenoxy) is 1. The van der Waals surface area contributed by atoms with Crippen molar-refractivity contribution in [1.82, 2.24) is 5.32 Å². The summed E-state index contributed by atoms with van der Waals surface area (Å²) in [6.45, 7) is 0.665. The van der Waals surface area contributed by atoms with Crippen molar-refractivity contribution in [2.24, 2.45) is 0 Å². The fourth-order valence-electron chi connectivity index (χ4n) is 3.92. The van der Waals surface area contributed by atoms with Crippen molar-refractivity contribution in [3.05, 3.63) is 101 Å². The highest BCUT2D eigenvalue weighted by atomic mass is 19.1. The Hall–Kier alpha value is -3.73. The molecule has 1 amide bonds. The molecule has 0 radical (unpaired) electrons. The van der Waals surface area contributed by atoms with Crippen LogP contribution in [0.5, 0.6) is 0 Å². The van der Waals surface area contributed by atoms with E-state index in [1.165, 1.54) is 34.4 Å². The van der Waals surface area contributed by atoms with Gasteiger partial charge in [-0.15, -0.1) is 0 Å². The van der Waals surface area contributed by atoms with E-state index in [9.17, 15) is 14.0 Å². The third-order valence-electron chi connectivity index (χ3n) is 5.40. The SMILES string of the molecule is O=Cc1cc(F)ccc1C=CCCNC(=O)OCC1c2ccccc2-c2ccccc21. The van der Waals surface area contributed by atoms with Crippen LogP contribution in [0.2, 0.25) is 0 Å². The summed E-state index contributed by atoms with van der Waals surface area (Å²) < 4.78 is 18.7. The highest BCUT2D eigenvalue weighted by Crippen LogP contribution is 2.44. The highest BCUT2D eigenvalue weighted by molar-refractivity contribution is 5.82. The quantitative estimate of drug-likeness (QED) is 0.405. The van der Waals surface area contributed by atoms with E-state index in [4.69, 9.17) is 4.74 Å². The minimum atomic E-state index is -0.467. The lowest BCUT2D eigenvalue weighted by Gasteiger charge is -2.14.